The minimum atomic E-state index is -1.36. The molecule has 0 amide bonds. The number of esters is 1. The van der Waals surface area contributed by atoms with Crippen LogP contribution < -0.4 is 16.0 Å². The van der Waals surface area contributed by atoms with Crippen LogP contribution in [-0.2, 0) is 10.3 Å². The number of nitrogens with one attached hydrogen (secondary N) is 2. The second-order valence-corrected chi connectivity index (χ2v) is 8.38. The molecule has 3 heterocycles. The Balaban J connectivity index is 1.53. The number of phenols is 2. The number of hydrogen-bond acceptors (Lipinski definition) is 10. The van der Waals surface area contributed by atoms with Crippen molar-refractivity contribution in [3.63, 3.8) is 0 Å². The Bertz CT molecular complexity index is 1270. The van der Waals surface area contributed by atoms with Crippen LogP contribution in [0.5, 0.6) is 23.0 Å². The van der Waals surface area contributed by atoms with Gasteiger partial charge in [-0.15, -0.1) is 0 Å². The SMILES string of the molecule is [NH]N1CN(O)CN(Nc2cccc3c2C(=O)OC32c3ccc(O)cc3Oc3cc(O)ccc32)C1. The van der Waals surface area contributed by atoms with Gasteiger partial charge in [0, 0.05) is 28.8 Å². The fraction of sp³-hybridized carbons (Fsp3) is 0.174. The molecule has 1 fully saturated rings. The van der Waals surface area contributed by atoms with Crippen molar-refractivity contribution < 1.29 is 29.7 Å². The third-order valence-electron chi connectivity index (χ3n) is 6.09. The summed E-state index contributed by atoms with van der Waals surface area (Å²) in [6.45, 7) is 0.389. The van der Waals surface area contributed by atoms with E-state index in [1.54, 1.807) is 35.3 Å². The highest BCUT2D eigenvalue weighted by Gasteiger charge is 2.54. The number of rotatable bonds is 2. The number of ether oxygens (including phenoxy) is 2. The van der Waals surface area contributed by atoms with Crippen LogP contribution in [0.25, 0.3) is 0 Å². The summed E-state index contributed by atoms with van der Waals surface area (Å²) in [5.74, 6) is 7.84. The molecule has 0 aromatic heterocycles. The second-order valence-electron chi connectivity index (χ2n) is 8.38. The molecule has 34 heavy (non-hydrogen) atoms. The first-order chi connectivity index (χ1) is 16.3. The summed E-state index contributed by atoms with van der Waals surface area (Å²) in [5, 5.41) is 33.7. The van der Waals surface area contributed by atoms with Gasteiger partial charge in [0.2, 0.25) is 0 Å². The first-order valence-electron chi connectivity index (χ1n) is 10.5. The van der Waals surface area contributed by atoms with Crippen molar-refractivity contribution in [2.75, 3.05) is 25.4 Å². The average molecular weight is 462 g/mol. The van der Waals surface area contributed by atoms with Crippen molar-refractivity contribution in [1.82, 2.24) is 20.9 Å². The molecule has 3 aromatic carbocycles. The number of benzene rings is 3. The second kappa shape index (κ2) is 7.32. The first-order valence-corrected chi connectivity index (χ1v) is 10.5. The molecule has 3 aliphatic rings. The maximum Gasteiger partial charge on any atom is 0.342 e. The van der Waals surface area contributed by atoms with Crippen molar-refractivity contribution in [3.05, 3.63) is 76.9 Å². The monoisotopic (exact) mass is 462 g/mol. The molecular weight excluding hydrogens is 442 g/mol. The molecule has 1 spiro atoms. The van der Waals surface area contributed by atoms with Crippen LogP contribution in [0.3, 0.4) is 0 Å². The number of hydrazine groups is 1. The molecule has 173 valence electrons. The number of hydrogen-bond donors (Lipinski definition) is 4. The molecule has 3 aromatic rings. The lowest BCUT2D eigenvalue weighted by molar-refractivity contribution is -0.191. The Labute approximate surface area is 193 Å². The normalized spacial score (nSPS) is 19.2. The maximum atomic E-state index is 13.4. The number of carbonyl (C=O) groups is 1. The van der Waals surface area contributed by atoms with Crippen molar-refractivity contribution in [2.45, 2.75) is 5.60 Å². The van der Waals surface area contributed by atoms with Crippen LogP contribution in [0.2, 0.25) is 0 Å². The highest BCUT2D eigenvalue weighted by Crippen LogP contribution is 2.57. The van der Waals surface area contributed by atoms with Crippen molar-refractivity contribution in [3.8, 4) is 23.0 Å². The molecule has 1 saturated heterocycles. The molecule has 0 atom stereocenters. The van der Waals surface area contributed by atoms with Crippen molar-refractivity contribution >= 4 is 11.7 Å². The Hall–Kier alpha value is -3.87. The largest absolute Gasteiger partial charge is 0.508 e. The lowest BCUT2D eigenvalue weighted by Crippen LogP contribution is -2.55. The number of nitrogens with zero attached hydrogens (tertiary/aromatic N) is 3. The van der Waals surface area contributed by atoms with E-state index in [4.69, 9.17) is 15.3 Å². The molecule has 0 unspecified atom stereocenters. The Kier molecular flexibility index (Phi) is 4.46. The molecular formula is C23H20N5O6. The lowest BCUT2D eigenvalue weighted by Gasteiger charge is -2.37. The van der Waals surface area contributed by atoms with E-state index in [-0.39, 0.29) is 31.5 Å². The summed E-state index contributed by atoms with van der Waals surface area (Å²) in [6, 6.07) is 14.4. The third-order valence-corrected chi connectivity index (χ3v) is 6.09. The minimum absolute atomic E-state index is 0.0175. The average Bonchev–Trinajstić information content (AvgIpc) is 3.06. The van der Waals surface area contributed by atoms with Gasteiger partial charge in [-0.1, -0.05) is 12.1 Å². The predicted molar refractivity (Wildman–Crippen MR) is 117 cm³/mol. The molecule has 11 nitrogen and oxygen atoms in total. The topological polar surface area (TPSA) is 142 Å². The van der Waals surface area contributed by atoms with Gasteiger partial charge in [-0.05, 0) is 30.3 Å². The predicted octanol–water partition coefficient (Wildman–Crippen LogP) is 2.37. The number of anilines is 1. The fourth-order valence-corrected chi connectivity index (χ4v) is 4.82. The Morgan fingerprint density at radius 2 is 1.59 bits per heavy atom. The van der Waals surface area contributed by atoms with E-state index in [1.807, 2.05) is 0 Å². The van der Waals surface area contributed by atoms with Crippen LogP contribution >= 0.6 is 0 Å². The highest BCUT2D eigenvalue weighted by atomic mass is 16.6. The van der Waals surface area contributed by atoms with Gasteiger partial charge >= 0.3 is 5.97 Å². The number of aromatic hydroxyl groups is 2. The summed E-state index contributed by atoms with van der Waals surface area (Å²) in [6.07, 6.45) is 0. The molecule has 0 aliphatic carbocycles. The molecule has 11 heteroatoms. The minimum Gasteiger partial charge on any atom is -0.508 e. The number of carbonyl (C=O) groups excluding carboxylic acids is 1. The zero-order valence-corrected chi connectivity index (χ0v) is 17.7. The summed E-state index contributed by atoms with van der Waals surface area (Å²) < 4.78 is 12.1. The van der Waals surface area contributed by atoms with Gasteiger partial charge in [-0.2, -0.15) is 20.9 Å². The molecule has 0 bridgehead atoms. The van der Waals surface area contributed by atoms with E-state index < -0.39 is 11.6 Å². The van der Waals surface area contributed by atoms with Crippen LogP contribution in [0.4, 0.5) is 5.69 Å². The summed E-state index contributed by atoms with van der Waals surface area (Å²) in [7, 11) is 0. The van der Waals surface area contributed by atoms with Crippen molar-refractivity contribution in [1.29, 1.82) is 0 Å². The van der Waals surface area contributed by atoms with Gasteiger partial charge in [0.15, 0.2) is 5.60 Å². The van der Waals surface area contributed by atoms with Gasteiger partial charge in [0.25, 0.3) is 0 Å². The third kappa shape index (κ3) is 3.00. The zero-order valence-electron chi connectivity index (χ0n) is 17.7. The molecule has 1 radical (unpaired) electrons. The van der Waals surface area contributed by atoms with Crippen LogP contribution in [0, 0.1) is 0 Å². The smallest absolute Gasteiger partial charge is 0.342 e. The standard InChI is InChI=1S/C23H20N5O6/c24-26-10-27(12-28(32)11-26)25-18-3-1-2-17-21(18)22(31)34-23(17)15-6-4-13(29)8-19(15)33-20-9-14(30)5-7-16(20)23/h1-9,24-25,29-30,32H,10-12H2. The van der Waals surface area contributed by atoms with E-state index in [9.17, 15) is 20.2 Å². The number of hydroxylamine groups is 2. The van der Waals surface area contributed by atoms with Gasteiger partial charge in [-0.3, -0.25) is 0 Å². The highest BCUT2D eigenvalue weighted by molar-refractivity contribution is 6.02. The van der Waals surface area contributed by atoms with Crippen molar-refractivity contribution in [2.24, 2.45) is 0 Å². The van der Waals surface area contributed by atoms with Gasteiger partial charge in [-0.25, -0.2) is 4.79 Å². The Morgan fingerprint density at radius 3 is 2.24 bits per heavy atom. The zero-order chi connectivity index (χ0) is 23.6. The van der Waals surface area contributed by atoms with Crippen LogP contribution in [-0.4, -0.2) is 56.5 Å². The first kappa shape index (κ1) is 20.7. The van der Waals surface area contributed by atoms with Crippen LogP contribution in [0.15, 0.2) is 54.6 Å². The molecule has 3 aliphatic heterocycles. The van der Waals surface area contributed by atoms with Gasteiger partial charge in [0.05, 0.1) is 31.3 Å². The molecule has 0 saturated carbocycles. The maximum absolute atomic E-state index is 13.4. The van der Waals surface area contributed by atoms with Crippen LogP contribution in [0.1, 0.15) is 27.0 Å². The van der Waals surface area contributed by atoms with Gasteiger partial charge in [0.1, 0.15) is 23.0 Å². The van der Waals surface area contributed by atoms with E-state index in [2.05, 4.69) is 5.43 Å². The van der Waals surface area contributed by atoms with Gasteiger partial charge < -0.3 is 30.3 Å². The quantitative estimate of drug-likeness (QED) is 0.419. The van der Waals surface area contributed by atoms with E-state index >= 15 is 0 Å². The van der Waals surface area contributed by atoms with E-state index in [0.717, 1.165) is 10.1 Å². The Morgan fingerprint density at radius 1 is 0.912 bits per heavy atom. The molecule has 5 N–H and O–H groups in total. The molecule has 6 rings (SSSR count). The van der Waals surface area contributed by atoms with E-state index in [0.29, 0.717) is 39.4 Å². The summed E-state index contributed by atoms with van der Waals surface area (Å²) in [4.78, 5) is 13.4. The number of fused-ring (bicyclic) bond motifs is 6. The lowest BCUT2D eigenvalue weighted by atomic mass is 9.77. The van der Waals surface area contributed by atoms with E-state index in [1.165, 1.54) is 24.3 Å². The fourth-order valence-electron chi connectivity index (χ4n) is 4.82. The summed E-state index contributed by atoms with van der Waals surface area (Å²) >= 11 is 0. The summed E-state index contributed by atoms with van der Waals surface area (Å²) in [5.41, 5.74) is 4.14. The number of phenolic OH excluding ortho intramolecular Hbond substituents is 2.